The smallest absolute Gasteiger partial charge is 0.260 e. The number of nitrogens with zero attached hydrogens (tertiary/aromatic N) is 1. The van der Waals surface area contributed by atoms with Crippen LogP contribution in [0.5, 0.6) is 0 Å². The van der Waals surface area contributed by atoms with Gasteiger partial charge in [-0.25, -0.2) is 0 Å². The van der Waals surface area contributed by atoms with Crippen molar-refractivity contribution >= 4 is 28.9 Å². The molecule has 3 rings (SSSR count). The van der Waals surface area contributed by atoms with E-state index in [2.05, 4.69) is 15.8 Å². The number of aromatic nitrogens is 1. The number of amides is 1. The first-order valence-corrected chi connectivity index (χ1v) is 7.08. The molecule has 0 spiro atoms. The number of carbonyl (C=O) groups is 1. The molecule has 0 radical (unpaired) electrons. The number of anilines is 4. The molecule has 3 aromatic rings. The third kappa shape index (κ3) is 3.49. The van der Waals surface area contributed by atoms with Crippen LogP contribution in [0.25, 0.3) is 0 Å². The van der Waals surface area contributed by atoms with Crippen molar-refractivity contribution in [1.29, 1.82) is 0 Å². The highest BCUT2D eigenvalue weighted by molar-refractivity contribution is 6.07. The molecule has 0 unspecified atom stereocenters. The van der Waals surface area contributed by atoms with E-state index in [0.29, 0.717) is 28.5 Å². The third-order valence-electron chi connectivity index (χ3n) is 3.23. The molecule has 4 N–H and O–H groups in total. The Morgan fingerprint density at radius 1 is 1.13 bits per heavy atom. The Morgan fingerprint density at radius 2 is 1.87 bits per heavy atom. The Balaban J connectivity index is 1.82. The zero-order valence-corrected chi connectivity index (χ0v) is 12.5. The summed E-state index contributed by atoms with van der Waals surface area (Å²) in [5.41, 5.74) is 9.09. The number of benzene rings is 2. The average Bonchev–Trinajstić information content (AvgIpc) is 2.95. The molecule has 2 aromatic carbocycles. The summed E-state index contributed by atoms with van der Waals surface area (Å²) in [6, 6.07) is 16.2. The second kappa shape index (κ2) is 6.23. The molecule has 0 bridgehead atoms. The minimum Gasteiger partial charge on any atom is -0.399 e. The maximum atomic E-state index is 12.4. The Morgan fingerprint density at radius 3 is 2.57 bits per heavy atom. The van der Waals surface area contributed by atoms with Gasteiger partial charge in [-0.2, -0.15) is 0 Å². The van der Waals surface area contributed by atoms with Crippen LogP contribution < -0.4 is 16.4 Å². The molecule has 6 heteroatoms. The largest absolute Gasteiger partial charge is 0.399 e. The van der Waals surface area contributed by atoms with E-state index < -0.39 is 0 Å². The van der Waals surface area contributed by atoms with Crippen LogP contribution in [0.15, 0.2) is 59.1 Å². The van der Waals surface area contributed by atoms with Crippen LogP contribution in [0.3, 0.4) is 0 Å². The minimum atomic E-state index is -0.278. The molecule has 1 amide bonds. The summed E-state index contributed by atoms with van der Waals surface area (Å²) < 4.78 is 5.01. The van der Waals surface area contributed by atoms with Crippen LogP contribution in [-0.2, 0) is 0 Å². The van der Waals surface area contributed by atoms with Crippen LogP contribution in [0.2, 0.25) is 0 Å². The van der Waals surface area contributed by atoms with Crippen molar-refractivity contribution in [3.63, 3.8) is 0 Å². The zero-order valence-electron chi connectivity index (χ0n) is 12.5. The summed E-state index contributed by atoms with van der Waals surface area (Å²) in [7, 11) is 0. The SMILES string of the molecule is Cc1cc(NC(=O)c2ccccc2Nc2ccc(N)cc2)on1. The number of carbonyl (C=O) groups excluding carboxylic acids is 1. The van der Waals surface area contributed by atoms with E-state index in [-0.39, 0.29) is 5.91 Å². The van der Waals surface area contributed by atoms with Gasteiger partial charge in [0.15, 0.2) is 0 Å². The van der Waals surface area contributed by atoms with Gasteiger partial charge in [0, 0.05) is 17.4 Å². The molecule has 0 aliphatic carbocycles. The molecule has 0 aliphatic heterocycles. The van der Waals surface area contributed by atoms with Crippen LogP contribution in [0.1, 0.15) is 16.1 Å². The van der Waals surface area contributed by atoms with E-state index in [1.165, 1.54) is 0 Å². The van der Waals surface area contributed by atoms with Crippen molar-refractivity contribution in [1.82, 2.24) is 5.16 Å². The van der Waals surface area contributed by atoms with Crippen molar-refractivity contribution in [2.75, 3.05) is 16.4 Å². The first kappa shape index (κ1) is 14.6. The van der Waals surface area contributed by atoms with Crippen molar-refractivity contribution in [3.05, 3.63) is 65.9 Å². The van der Waals surface area contributed by atoms with E-state index in [0.717, 1.165) is 5.69 Å². The lowest BCUT2D eigenvalue weighted by atomic mass is 10.1. The molecule has 0 saturated heterocycles. The number of nitrogens with one attached hydrogen (secondary N) is 2. The van der Waals surface area contributed by atoms with Crippen molar-refractivity contribution < 1.29 is 9.32 Å². The highest BCUT2D eigenvalue weighted by Gasteiger charge is 2.13. The molecule has 6 nitrogen and oxygen atoms in total. The quantitative estimate of drug-likeness (QED) is 0.641. The lowest BCUT2D eigenvalue weighted by molar-refractivity contribution is 0.102. The Bertz CT molecular complexity index is 825. The van der Waals surface area contributed by atoms with Gasteiger partial charge in [0.25, 0.3) is 5.91 Å². The second-order valence-electron chi connectivity index (χ2n) is 5.08. The number of para-hydroxylation sites is 1. The standard InChI is InChI=1S/C17H16N4O2/c1-11-10-16(23-21-11)20-17(22)14-4-2-3-5-15(14)19-13-8-6-12(18)7-9-13/h2-10,19H,18H2,1H3,(H,20,22). The summed E-state index contributed by atoms with van der Waals surface area (Å²) in [5, 5.41) is 9.64. The Hall–Kier alpha value is -3.28. The fourth-order valence-electron chi connectivity index (χ4n) is 2.11. The van der Waals surface area contributed by atoms with Gasteiger partial charge < -0.3 is 15.6 Å². The van der Waals surface area contributed by atoms with Crippen molar-refractivity contribution in [2.45, 2.75) is 6.92 Å². The molecule has 23 heavy (non-hydrogen) atoms. The van der Waals surface area contributed by atoms with Crippen LogP contribution in [0.4, 0.5) is 22.9 Å². The van der Waals surface area contributed by atoms with Gasteiger partial charge in [0.05, 0.1) is 16.9 Å². The van der Waals surface area contributed by atoms with E-state index in [9.17, 15) is 4.79 Å². The molecular formula is C17H16N4O2. The van der Waals surface area contributed by atoms with E-state index in [1.807, 2.05) is 24.3 Å². The van der Waals surface area contributed by atoms with Crippen LogP contribution >= 0.6 is 0 Å². The Kier molecular flexibility index (Phi) is 3.97. The molecule has 0 saturated carbocycles. The molecule has 0 fully saturated rings. The number of nitrogens with two attached hydrogens (primary N) is 1. The van der Waals surface area contributed by atoms with Gasteiger partial charge in [-0.1, -0.05) is 17.3 Å². The van der Waals surface area contributed by atoms with E-state index >= 15 is 0 Å². The number of rotatable bonds is 4. The monoisotopic (exact) mass is 308 g/mol. The summed E-state index contributed by atoms with van der Waals surface area (Å²) >= 11 is 0. The number of hydrogen-bond donors (Lipinski definition) is 3. The van der Waals surface area contributed by atoms with Gasteiger partial charge >= 0.3 is 0 Å². The average molecular weight is 308 g/mol. The predicted molar refractivity (Wildman–Crippen MR) is 89.8 cm³/mol. The highest BCUT2D eigenvalue weighted by Crippen LogP contribution is 2.22. The summed E-state index contributed by atoms with van der Waals surface area (Å²) in [6.45, 7) is 1.79. The van der Waals surface area contributed by atoms with Gasteiger partial charge in [-0.3, -0.25) is 10.1 Å². The minimum absolute atomic E-state index is 0.278. The molecule has 0 aliphatic rings. The fourth-order valence-corrected chi connectivity index (χ4v) is 2.11. The first-order valence-electron chi connectivity index (χ1n) is 7.08. The molecular weight excluding hydrogens is 292 g/mol. The van der Waals surface area contributed by atoms with Gasteiger partial charge in [-0.15, -0.1) is 0 Å². The lowest BCUT2D eigenvalue weighted by Gasteiger charge is -2.11. The lowest BCUT2D eigenvalue weighted by Crippen LogP contribution is -2.13. The van der Waals surface area contributed by atoms with Crippen LogP contribution in [-0.4, -0.2) is 11.1 Å². The molecule has 116 valence electrons. The highest BCUT2D eigenvalue weighted by atomic mass is 16.5. The molecule has 1 aromatic heterocycles. The zero-order chi connectivity index (χ0) is 16.2. The molecule has 1 heterocycles. The topological polar surface area (TPSA) is 93.2 Å². The normalized spacial score (nSPS) is 10.3. The summed E-state index contributed by atoms with van der Waals surface area (Å²) in [4.78, 5) is 12.4. The number of aryl methyl sites for hydroxylation is 1. The van der Waals surface area contributed by atoms with Gasteiger partial charge in [0.1, 0.15) is 0 Å². The summed E-state index contributed by atoms with van der Waals surface area (Å²) in [5.74, 6) is 0.0366. The maximum Gasteiger partial charge on any atom is 0.260 e. The first-order chi connectivity index (χ1) is 11.1. The van der Waals surface area contributed by atoms with Crippen molar-refractivity contribution in [2.24, 2.45) is 0 Å². The number of nitrogen functional groups attached to an aromatic ring is 1. The van der Waals surface area contributed by atoms with E-state index in [1.54, 1.807) is 37.3 Å². The van der Waals surface area contributed by atoms with Gasteiger partial charge in [0.2, 0.25) is 5.88 Å². The van der Waals surface area contributed by atoms with E-state index in [4.69, 9.17) is 10.3 Å². The maximum absolute atomic E-state index is 12.4. The van der Waals surface area contributed by atoms with Crippen molar-refractivity contribution in [3.8, 4) is 0 Å². The second-order valence-corrected chi connectivity index (χ2v) is 5.08. The van der Waals surface area contributed by atoms with Gasteiger partial charge in [-0.05, 0) is 43.3 Å². The third-order valence-corrected chi connectivity index (χ3v) is 3.23. The molecule has 0 atom stereocenters. The van der Waals surface area contributed by atoms with Crippen LogP contribution in [0, 0.1) is 6.92 Å². The fraction of sp³-hybridized carbons (Fsp3) is 0.0588. The summed E-state index contributed by atoms with van der Waals surface area (Å²) in [6.07, 6.45) is 0. The Labute approximate surface area is 133 Å². The predicted octanol–water partition coefficient (Wildman–Crippen LogP) is 3.56. The number of hydrogen-bond acceptors (Lipinski definition) is 5.